The summed E-state index contributed by atoms with van der Waals surface area (Å²) in [6, 6.07) is 10.6. The van der Waals surface area contributed by atoms with E-state index in [0.29, 0.717) is 5.69 Å². The number of aliphatic hydroxyl groups is 1. The Hall–Kier alpha value is -0.920. The normalized spacial score (nSPS) is 12.9. The maximum Gasteiger partial charge on any atom is 0.369 e. The third kappa shape index (κ3) is 4.31. The molecule has 26 heavy (non-hydrogen) atoms. The molecule has 2 aromatic carbocycles. The summed E-state index contributed by atoms with van der Waals surface area (Å²) in [4.78, 5) is 37.2. The van der Waals surface area contributed by atoms with Crippen molar-refractivity contribution in [2.75, 3.05) is 5.32 Å². The van der Waals surface area contributed by atoms with Gasteiger partial charge < -0.3 is 30.0 Å². The molecule has 0 heterocycles. The lowest BCUT2D eigenvalue weighted by Crippen LogP contribution is -2.31. The second-order valence-corrected chi connectivity index (χ2v) is 10.2. The third-order valence-corrected chi connectivity index (χ3v) is 7.98. The minimum Gasteiger partial charge on any atom is -0.367 e. The summed E-state index contributed by atoms with van der Waals surface area (Å²) in [7, 11) is -11.2. The van der Waals surface area contributed by atoms with E-state index in [0.717, 1.165) is 0 Å². The lowest BCUT2D eigenvalue weighted by molar-refractivity contribution is 0.131. The van der Waals surface area contributed by atoms with Gasteiger partial charge in [0.25, 0.3) is 5.08 Å². The molecule has 142 valence electrons. The highest BCUT2D eigenvalue weighted by molar-refractivity contribution is 7.72. The average Bonchev–Trinajstić information content (AvgIpc) is 2.50. The summed E-state index contributed by atoms with van der Waals surface area (Å²) in [6.07, 6.45) is -1.01. The Morgan fingerprint density at radius 1 is 0.885 bits per heavy atom. The predicted octanol–water partition coefficient (Wildman–Crippen LogP) is 3.28. The first kappa shape index (κ1) is 21.4. The number of halogens is 2. The van der Waals surface area contributed by atoms with Crippen molar-refractivity contribution >= 4 is 49.8 Å². The Labute approximate surface area is 158 Å². The van der Waals surface area contributed by atoms with Crippen molar-refractivity contribution in [1.29, 1.82) is 0 Å². The van der Waals surface area contributed by atoms with Crippen molar-refractivity contribution in [2.45, 2.75) is 11.5 Å². The van der Waals surface area contributed by atoms with E-state index in [1.807, 2.05) is 0 Å². The molecule has 0 aliphatic heterocycles. The number of benzene rings is 2. The van der Waals surface area contributed by atoms with E-state index in [1.165, 1.54) is 18.2 Å². The highest BCUT2D eigenvalue weighted by Gasteiger charge is 2.59. The first-order valence-electron chi connectivity index (χ1n) is 6.99. The van der Waals surface area contributed by atoms with Crippen molar-refractivity contribution in [3.63, 3.8) is 0 Å². The minimum absolute atomic E-state index is 0.0395. The van der Waals surface area contributed by atoms with Crippen LogP contribution in [0.5, 0.6) is 0 Å². The van der Waals surface area contributed by atoms with Gasteiger partial charge >= 0.3 is 15.2 Å². The number of rotatable bonds is 6. The van der Waals surface area contributed by atoms with Crippen LogP contribution in [-0.4, -0.2) is 29.8 Å². The van der Waals surface area contributed by atoms with Crippen molar-refractivity contribution in [3.8, 4) is 0 Å². The number of nitrogens with one attached hydrogen (secondary N) is 1. The molecule has 2 aromatic rings. The predicted molar refractivity (Wildman–Crippen MR) is 98.9 cm³/mol. The van der Waals surface area contributed by atoms with Crippen LogP contribution in [-0.2, 0) is 15.6 Å². The summed E-state index contributed by atoms with van der Waals surface area (Å²) in [5.74, 6) is 0. The van der Waals surface area contributed by atoms with Gasteiger partial charge in [0.05, 0.1) is 15.7 Å². The molecular weight excluding hydrogens is 427 g/mol. The first-order valence-corrected chi connectivity index (χ1v) is 11.0. The minimum atomic E-state index is -5.58. The fourth-order valence-corrected chi connectivity index (χ4v) is 4.78. The van der Waals surface area contributed by atoms with Crippen LogP contribution in [0, 0.1) is 0 Å². The lowest BCUT2D eigenvalue weighted by Gasteiger charge is -2.30. The Morgan fingerprint density at radius 3 is 1.88 bits per heavy atom. The maximum absolute atomic E-state index is 11.6. The van der Waals surface area contributed by atoms with Crippen LogP contribution in [0.15, 0.2) is 42.5 Å². The molecular formula is C14H15Cl2NO7P2. The highest BCUT2D eigenvalue weighted by atomic mass is 35.5. The molecule has 0 bridgehead atoms. The maximum atomic E-state index is 11.6. The van der Waals surface area contributed by atoms with Crippen LogP contribution in [0.4, 0.5) is 11.4 Å². The van der Waals surface area contributed by atoms with E-state index < -0.39 is 26.7 Å². The van der Waals surface area contributed by atoms with Crippen LogP contribution < -0.4 is 5.32 Å². The Morgan fingerprint density at radius 2 is 1.38 bits per heavy atom. The molecule has 0 aliphatic rings. The molecule has 0 fully saturated rings. The molecule has 0 spiro atoms. The molecule has 0 amide bonds. The van der Waals surface area contributed by atoms with Gasteiger partial charge in [-0.05, 0) is 23.8 Å². The van der Waals surface area contributed by atoms with Crippen LogP contribution in [0.2, 0.25) is 10.0 Å². The fraction of sp³-hybridized carbons (Fsp3) is 0.143. The second kappa shape index (κ2) is 7.60. The summed E-state index contributed by atoms with van der Waals surface area (Å²) in [5, 5.41) is 9.93. The Bertz CT molecular complexity index is 870. The Kier molecular flexibility index (Phi) is 6.25. The quantitative estimate of drug-likeness (QED) is 0.374. The van der Waals surface area contributed by atoms with Gasteiger partial charge in [0.1, 0.15) is 0 Å². The molecule has 0 aliphatic carbocycles. The van der Waals surface area contributed by atoms with Crippen LogP contribution in [0.1, 0.15) is 5.56 Å². The lowest BCUT2D eigenvalue weighted by atomic mass is 10.1. The molecule has 12 heteroatoms. The Balaban J connectivity index is 2.50. The molecule has 0 radical (unpaired) electrons. The van der Waals surface area contributed by atoms with Crippen molar-refractivity contribution in [3.05, 3.63) is 58.1 Å². The standard InChI is InChI=1S/C14H15Cl2NO7P2/c15-10-5-3-6-11(16)13(10)17-12-7-2-1-4-9(12)8-14(18,25(19,20)21)26(22,23)24/h1-7,17-18H,8H2,(H2,19,20,21)(H2,22,23,24). The molecule has 0 atom stereocenters. The van der Waals surface area contributed by atoms with Gasteiger partial charge in [-0.25, -0.2) is 0 Å². The van der Waals surface area contributed by atoms with E-state index >= 15 is 0 Å². The molecule has 0 aromatic heterocycles. The van der Waals surface area contributed by atoms with E-state index in [1.54, 1.807) is 24.3 Å². The molecule has 0 unspecified atom stereocenters. The molecule has 6 N–H and O–H groups in total. The number of anilines is 2. The second-order valence-electron chi connectivity index (χ2n) is 5.42. The average molecular weight is 442 g/mol. The van der Waals surface area contributed by atoms with Gasteiger partial charge in [0.2, 0.25) is 0 Å². The van der Waals surface area contributed by atoms with Crippen molar-refractivity contribution in [1.82, 2.24) is 0 Å². The van der Waals surface area contributed by atoms with Crippen LogP contribution in [0.3, 0.4) is 0 Å². The van der Waals surface area contributed by atoms with E-state index in [-0.39, 0.29) is 21.3 Å². The van der Waals surface area contributed by atoms with Gasteiger partial charge in [-0.3, -0.25) is 9.13 Å². The van der Waals surface area contributed by atoms with E-state index in [9.17, 15) is 33.8 Å². The first-order chi connectivity index (χ1) is 11.9. The zero-order valence-electron chi connectivity index (χ0n) is 13.0. The fourth-order valence-electron chi connectivity index (χ4n) is 2.18. The summed E-state index contributed by atoms with van der Waals surface area (Å²) < 4.78 is 23.1. The number of hydrogen-bond donors (Lipinski definition) is 6. The van der Waals surface area contributed by atoms with Crippen LogP contribution in [0.25, 0.3) is 0 Å². The van der Waals surface area contributed by atoms with Gasteiger partial charge in [-0.2, -0.15) is 0 Å². The third-order valence-electron chi connectivity index (χ3n) is 3.60. The summed E-state index contributed by atoms with van der Waals surface area (Å²) in [5.41, 5.74) is 0.541. The van der Waals surface area contributed by atoms with Crippen LogP contribution >= 0.6 is 38.4 Å². The van der Waals surface area contributed by atoms with E-state index in [2.05, 4.69) is 5.32 Å². The van der Waals surface area contributed by atoms with Gasteiger partial charge in [0.15, 0.2) is 0 Å². The summed E-state index contributed by atoms with van der Waals surface area (Å²) >= 11 is 12.1. The highest BCUT2D eigenvalue weighted by Crippen LogP contribution is 2.68. The molecule has 0 saturated carbocycles. The van der Waals surface area contributed by atoms with Gasteiger partial charge in [-0.1, -0.05) is 47.5 Å². The zero-order valence-corrected chi connectivity index (χ0v) is 16.3. The molecule has 8 nitrogen and oxygen atoms in total. The van der Waals surface area contributed by atoms with Gasteiger partial charge in [-0.15, -0.1) is 0 Å². The molecule has 2 rings (SSSR count). The number of hydrogen-bond acceptors (Lipinski definition) is 4. The largest absolute Gasteiger partial charge is 0.369 e. The SMILES string of the molecule is O=P(O)(O)C(O)(Cc1ccccc1Nc1c(Cl)cccc1Cl)P(=O)(O)O. The van der Waals surface area contributed by atoms with Crippen molar-refractivity contribution in [2.24, 2.45) is 0 Å². The number of para-hydroxylation sites is 2. The van der Waals surface area contributed by atoms with E-state index in [4.69, 9.17) is 23.2 Å². The topological polar surface area (TPSA) is 147 Å². The molecule has 0 saturated heterocycles. The zero-order chi connectivity index (χ0) is 19.8. The summed E-state index contributed by atoms with van der Waals surface area (Å²) in [6.45, 7) is 0. The monoisotopic (exact) mass is 441 g/mol. The van der Waals surface area contributed by atoms with Gasteiger partial charge in [0, 0.05) is 12.1 Å². The van der Waals surface area contributed by atoms with Crippen molar-refractivity contribution < 1.29 is 33.8 Å². The smallest absolute Gasteiger partial charge is 0.367 e.